The van der Waals surface area contributed by atoms with Crippen LogP contribution in [0.4, 0.5) is 0 Å². The minimum Gasteiger partial charge on any atom is -0.362 e. The molecule has 4 atom stereocenters. The van der Waals surface area contributed by atoms with Gasteiger partial charge in [0.2, 0.25) is 0 Å². The Labute approximate surface area is 108 Å². The number of thioether (sulfide) groups is 1. The fraction of sp³-hybridized carbons (Fsp3) is 0.929. The molecule has 3 heteroatoms. The van der Waals surface area contributed by atoms with Gasteiger partial charge in [0.05, 0.1) is 0 Å². The van der Waals surface area contributed by atoms with Crippen LogP contribution in [0.3, 0.4) is 0 Å². The zero-order valence-corrected chi connectivity index (χ0v) is 11.6. The first-order valence-electron chi connectivity index (χ1n) is 7.08. The quantitative estimate of drug-likeness (QED) is 0.774. The van der Waals surface area contributed by atoms with Crippen LogP contribution in [0.15, 0.2) is 4.99 Å². The predicted molar refractivity (Wildman–Crippen MR) is 73.3 cm³/mol. The summed E-state index contributed by atoms with van der Waals surface area (Å²) >= 11 is 1.94. The standard InChI is InChI=1S/C14H22N2S/c1-14(2)6-15-13(17-7-14)16-12-10-8-3-4-9(5-8)11(10)12/h8-12H,3-7H2,1-2H3,(H,15,16). The van der Waals surface area contributed by atoms with E-state index in [1.54, 1.807) is 6.42 Å². The molecular weight excluding hydrogens is 228 g/mol. The van der Waals surface area contributed by atoms with Gasteiger partial charge < -0.3 is 5.32 Å². The van der Waals surface area contributed by atoms with Crippen LogP contribution in [0.5, 0.6) is 0 Å². The number of nitrogens with zero attached hydrogens (tertiary/aromatic N) is 1. The van der Waals surface area contributed by atoms with Crippen LogP contribution in [0, 0.1) is 29.1 Å². The molecule has 0 aromatic carbocycles. The lowest BCUT2D eigenvalue weighted by molar-refractivity contribution is 0.435. The van der Waals surface area contributed by atoms with E-state index in [9.17, 15) is 0 Å². The van der Waals surface area contributed by atoms with Gasteiger partial charge in [-0.2, -0.15) is 0 Å². The molecule has 0 saturated heterocycles. The number of fused-ring (bicyclic) bond motifs is 5. The van der Waals surface area contributed by atoms with Crippen LogP contribution in [0.25, 0.3) is 0 Å². The second-order valence-corrected chi connectivity index (χ2v) is 8.20. The normalized spacial score (nSPS) is 49.8. The van der Waals surface area contributed by atoms with Crippen molar-refractivity contribution in [2.75, 3.05) is 12.3 Å². The average Bonchev–Trinajstić information content (AvgIpc) is 2.71. The molecule has 3 fully saturated rings. The molecule has 0 spiro atoms. The Morgan fingerprint density at radius 1 is 1.24 bits per heavy atom. The van der Waals surface area contributed by atoms with Crippen molar-refractivity contribution in [1.82, 2.24) is 5.32 Å². The largest absolute Gasteiger partial charge is 0.362 e. The fourth-order valence-electron chi connectivity index (χ4n) is 4.39. The highest BCUT2D eigenvalue weighted by molar-refractivity contribution is 8.13. The fourth-order valence-corrected chi connectivity index (χ4v) is 5.38. The first-order chi connectivity index (χ1) is 8.14. The maximum Gasteiger partial charge on any atom is 0.156 e. The molecule has 2 bridgehead atoms. The monoisotopic (exact) mass is 250 g/mol. The van der Waals surface area contributed by atoms with Gasteiger partial charge in [0.15, 0.2) is 5.17 Å². The maximum absolute atomic E-state index is 4.73. The lowest BCUT2D eigenvalue weighted by atomic mass is 9.97. The van der Waals surface area contributed by atoms with Gasteiger partial charge in [-0.1, -0.05) is 25.6 Å². The van der Waals surface area contributed by atoms with Crippen LogP contribution < -0.4 is 5.32 Å². The minimum absolute atomic E-state index is 0.397. The van der Waals surface area contributed by atoms with Crippen molar-refractivity contribution in [2.45, 2.75) is 39.2 Å². The first-order valence-corrected chi connectivity index (χ1v) is 8.06. The van der Waals surface area contributed by atoms with E-state index in [1.807, 2.05) is 11.8 Å². The van der Waals surface area contributed by atoms with Gasteiger partial charge in [-0.15, -0.1) is 0 Å². The summed E-state index contributed by atoms with van der Waals surface area (Å²) in [5, 5.41) is 4.99. The molecule has 0 aromatic heterocycles. The van der Waals surface area contributed by atoms with Crippen molar-refractivity contribution < 1.29 is 0 Å². The van der Waals surface area contributed by atoms with Crippen molar-refractivity contribution in [1.29, 1.82) is 0 Å². The highest BCUT2D eigenvalue weighted by Gasteiger charge is 2.65. The summed E-state index contributed by atoms with van der Waals surface area (Å²) in [5.41, 5.74) is 0.397. The number of nitrogens with one attached hydrogen (secondary N) is 1. The second kappa shape index (κ2) is 3.43. The lowest BCUT2D eigenvalue weighted by Crippen LogP contribution is -2.34. The SMILES string of the molecule is CC1(C)CN=C(NC2C3C4CCC(C4)C23)SC1. The Morgan fingerprint density at radius 2 is 1.94 bits per heavy atom. The van der Waals surface area contributed by atoms with Crippen molar-refractivity contribution in [3.8, 4) is 0 Å². The Bertz CT molecular complexity index is 360. The summed E-state index contributed by atoms with van der Waals surface area (Å²) < 4.78 is 0. The number of aliphatic imine (C=N–C) groups is 1. The van der Waals surface area contributed by atoms with E-state index in [0.717, 1.165) is 36.3 Å². The minimum atomic E-state index is 0.397. The Morgan fingerprint density at radius 3 is 2.53 bits per heavy atom. The second-order valence-electron chi connectivity index (χ2n) is 7.23. The van der Waals surface area contributed by atoms with E-state index >= 15 is 0 Å². The van der Waals surface area contributed by atoms with Crippen LogP contribution >= 0.6 is 11.8 Å². The van der Waals surface area contributed by atoms with Crippen LogP contribution in [0.2, 0.25) is 0 Å². The van der Waals surface area contributed by atoms with E-state index < -0.39 is 0 Å². The molecule has 2 nitrogen and oxygen atoms in total. The molecule has 1 N–H and O–H groups in total. The highest BCUT2D eigenvalue weighted by Crippen LogP contribution is 2.65. The third-order valence-electron chi connectivity index (χ3n) is 5.28. The van der Waals surface area contributed by atoms with Gasteiger partial charge in [-0.05, 0) is 48.3 Å². The summed E-state index contributed by atoms with van der Waals surface area (Å²) in [5.74, 6) is 5.38. The summed E-state index contributed by atoms with van der Waals surface area (Å²) in [6, 6.07) is 0.800. The summed E-state index contributed by atoms with van der Waals surface area (Å²) in [6.07, 6.45) is 4.56. The Balaban J connectivity index is 1.40. The molecule has 0 aromatic rings. The van der Waals surface area contributed by atoms with E-state index in [4.69, 9.17) is 4.99 Å². The molecule has 1 aliphatic heterocycles. The molecule has 94 valence electrons. The Kier molecular flexibility index (Phi) is 2.16. The van der Waals surface area contributed by atoms with Gasteiger partial charge in [-0.3, -0.25) is 4.99 Å². The first kappa shape index (κ1) is 10.7. The van der Waals surface area contributed by atoms with E-state index in [2.05, 4.69) is 19.2 Å². The van der Waals surface area contributed by atoms with Gasteiger partial charge in [0.1, 0.15) is 0 Å². The van der Waals surface area contributed by atoms with Crippen LogP contribution in [-0.2, 0) is 0 Å². The topological polar surface area (TPSA) is 24.4 Å². The summed E-state index contributed by atoms with van der Waals surface area (Å²) in [4.78, 5) is 4.73. The molecule has 4 rings (SSSR count). The molecule has 0 radical (unpaired) electrons. The lowest BCUT2D eigenvalue weighted by Gasteiger charge is -2.27. The predicted octanol–water partition coefficient (Wildman–Crippen LogP) is 2.75. The van der Waals surface area contributed by atoms with Gasteiger partial charge in [0.25, 0.3) is 0 Å². The number of hydrogen-bond acceptors (Lipinski definition) is 3. The number of hydrogen-bond donors (Lipinski definition) is 1. The third-order valence-corrected chi connectivity index (χ3v) is 6.72. The molecule has 4 aliphatic rings. The molecule has 3 saturated carbocycles. The van der Waals surface area contributed by atoms with Gasteiger partial charge in [-0.25, -0.2) is 0 Å². The van der Waals surface area contributed by atoms with E-state index in [0.29, 0.717) is 5.41 Å². The van der Waals surface area contributed by atoms with Crippen molar-refractivity contribution >= 4 is 16.9 Å². The Hall–Kier alpha value is -0.180. The zero-order chi connectivity index (χ0) is 11.6. The third kappa shape index (κ3) is 1.65. The van der Waals surface area contributed by atoms with Crippen molar-refractivity contribution in [3.05, 3.63) is 0 Å². The molecule has 3 aliphatic carbocycles. The average molecular weight is 250 g/mol. The molecular formula is C14H22N2S. The number of amidine groups is 1. The van der Waals surface area contributed by atoms with Gasteiger partial charge >= 0.3 is 0 Å². The molecule has 1 heterocycles. The number of rotatable bonds is 1. The molecule has 0 amide bonds. The van der Waals surface area contributed by atoms with Crippen molar-refractivity contribution in [3.63, 3.8) is 0 Å². The van der Waals surface area contributed by atoms with E-state index in [-0.39, 0.29) is 0 Å². The smallest absolute Gasteiger partial charge is 0.156 e. The maximum atomic E-state index is 4.73. The highest BCUT2D eigenvalue weighted by atomic mass is 32.2. The van der Waals surface area contributed by atoms with Crippen LogP contribution in [0.1, 0.15) is 33.1 Å². The van der Waals surface area contributed by atoms with E-state index in [1.165, 1.54) is 23.8 Å². The van der Waals surface area contributed by atoms with Gasteiger partial charge in [0, 0.05) is 18.3 Å². The molecule has 4 unspecified atom stereocenters. The summed E-state index contributed by atoms with van der Waals surface area (Å²) in [7, 11) is 0. The van der Waals surface area contributed by atoms with Crippen molar-refractivity contribution in [2.24, 2.45) is 34.1 Å². The van der Waals surface area contributed by atoms with Crippen LogP contribution in [-0.4, -0.2) is 23.5 Å². The summed E-state index contributed by atoms with van der Waals surface area (Å²) in [6.45, 7) is 5.62. The zero-order valence-electron chi connectivity index (χ0n) is 10.8. The molecule has 17 heavy (non-hydrogen) atoms.